The van der Waals surface area contributed by atoms with Crippen molar-refractivity contribution in [1.82, 2.24) is 0 Å². The molecular weight excluding hydrogens is 188 g/mol. The largest absolute Gasteiger partial charge is 0.472 e. The molecule has 0 radical (unpaired) electrons. The Hall–Kier alpha value is -0.970. The smallest absolute Gasteiger partial charge is 0.381 e. The first-order valence-corrected chi connectivity index (χ1v) is 5.97. The molecule has 0 unspecified atom stereocenters. The summed E-state index contributed by atoms with van der Waals surface area (Å²) in [5.74, 6) is 8.10. The van der Waals surface area contributed by atoms with Gasteiger partial charge in [0, 0.05) is 11.8 Å². The molecule has 0 aromatic carbocycles. The summed E-state index contributed by atoms with van der Waals surface area (Å²) in [7, 11) is 0. The molecule has 0 amide bonds. The minimum atomic E-state index is -0.969. The van der Waals surface area contributed by atoms with Crippen LogP contribution in [0, 0.1) is 41.4 Å². The molecule has 80 valence electrons. The van der Waals surface area contributed by atoms with Crippen LogP contribution in [0.2, 0.25) is 0 Å². The summed E-state index contributed by atoms with van der Waals surface area (Å²) < 4.78 is 0. The van der Waals surface area contributed by atoms with Gasteiger partial charge < -0.3 is 5.11 Å². The molecule has 0 saturated heterocycles. The van der Waals surface area contributed by atoms with Crippen molar-refractivity contribution in [1.29, 1.82) is 0 Å². The van der Waals surface area contributed by atoms with Crippen LogP contribution in [0.25, 0.3) is 0 Å². The second-order valence-electron chi connectivity index (χ2n) is 5.53. The van der Waals surface area contributed by atoms with E-state index >= 15 is 0 Å². The van der Waals surface area contributed by atoms with E-state index in [1.807, 2.05) is 0 Å². The lowest BCUT2D eigenvalue weighted by Gasteiger charge is -2.52. The van der Waals surface area contributed by atoms with Crippen LogP contribution in [0.15, 0.2) is 0 Å². The summed E-state index contributed by atoms with van der Waals surface area (Å²) in [5.41, 5.74) is 0. The highest BCUT2D eigenvalue weighted by atomic mass is 16.4. The number of hydrogen-bond donors (Lipinski definition) is 1. The van der Waals surface area contributed by atoms with Crippen molar-refractivity contribution in [2.45, 2.75) is 32.1 Å². The molecule has 4 bridgehead atoms. The average molecular weight is 204 g/mol. The van der Waals surface area contributed by atoms with Gasteiger partial charge in [0.25, 0.3) is 0 Å². The van der Waals surface area contributed by atoms with Gasteiger partial charge in [0.05, 0.1) is 0 Å². The molecule has 4 aliphatic carbocycles. The van der Waals surface area contributed by atoms with E-state index in [4.69, 9.17) is 5.11 Å². The molecule has 0 aliphatic heterocycles. The fourth-order valence-corrected chi connectivity index (χ4v) is 4.31. The Balaban J connectivity index is 1.81. The Bertz CT molecular complexity index is 319. The van der Waals surface area contributed by atoms with E-state index in [9.17, 15) is 4.79 Å². The molecule has 4 aliphatic rings. The third-order valence-electron chi connectivity index (χ3n) is 4.57. The average Bonchev–Trinajstić information content (AvgIpc) is 2.14. The zero-order valence-corrected chi connectivity index (χ0v) is 8.78. The van der Waals surface area contributed by atoms with Crippen LogP contribution < -0.4 is 0 Å². The lowest BCUT2D eigenvalue weighted by molar-refractivity contribution is -0.130. The van der Waals surface area contributed by atoms with E-state index in [1.54, 1.807) is 0 Å². The Labute approximate surface area is 90.1 Å². The molecule has 0 heterocycles. The minimum Gasteiger partial charge on any atom is -0.472 e. The monoisotopic (exact) mass is 204 g/mol. The van der Waals surface area contributed by atoms with Crippen molar-refractivity contribution in [2.75, 3.05) is 0 Å². The van der Waals surface area contributed by atoms with Crippen molar-refractivity contribution in [3.05, 3.63) is 0 Å². The Morgan fingerprint density at radius 1 is 1.00 bits per heavy atom. The van der Waals surface area contributed by atoms with Crippen LogP contribution in [-0.4, -0.2) is 11.1 Å². The molecule has 4 rings (SSSR count). The summed E-state index contributed by atoms with van der Waals surface area (Å²) in [4.78, 5) is 10.5. The normalized spacial score (nSPS) is 46.0. The summed E-state index contributed by atoms with van der Waals surface area (Å²) in [6, 6.07) is 0. The maximum atomic E-state index is 10.5. The van der Waals surface area contributed by atoms with Crippen molar-refractivity contribution < 1.29 is 9.90 Å². The first-order chi connectivity index (χ1) is 7.22. The molecule has 2 nitrogen and oxygen atoms in total. The van der Waals surface area contributed by atoms with Crippen LogP contribution in [0.5, 0.6) is 0 Å². The predicted molar refractivity (Wildman–Crippen MR) is 55.9 cm³/mol. The zero-order valence-electron chi connectivity index (χ0n) is 8.78. The number of carboxylic acid groups (broad SMARTS) is 1. The molecular formula is C13H16O2. The summed E-state index contributed by atoms with van der Waals surface area (Å²) in [6.07, 6.45) is 6.68. The van der Waals surface area contributed by atoms with Gasteiger partial charge in [0.15, 0.2) is 0 Å². The highest BCUT2D eigenvalue weighted by molar-refractivity contribution is 5.86. The molecule has 0 spiro atoms. The van der Waals surface area contributed by atoms with Crippen molar-refractivity contribution >= 4 is 5.97 Å². The number of carboxylic acids is 1. The van der Waals surface area contributed by atoms with Gasteiger partial charge in [-0.2, -0.15) is 0 Å². The first-order valence-electron chi connectivity index (χ1n) is 5.97. The molecule has 4 saturated carbocycles. The predicted octanol–water partition coefficient (Wildman–Crippen LogP) is 2.15. The van der Waals surface area contributed by atoms with Crippen molar-refractivity contribution in [2.24, 2.45) is 29.6 Å². The van der Waals surface area contributed by atoms with Gasteiger partial charge in [-0.1, -0.05) is 5.92 Å². The van der Waals surface area contributed by atoms with Gasteiger partial charge in [0.2, 0.25) is 0 Å². The summed E-state index contributed by atoms with van der Waals surface area (Å²) in [5, 5.41) is 8.59. The lowest BCUT2D eigenvalue weighted by Crippen LogP contribution is -2.44. The van der Waals surface area contributed by atoms with Crippen LogP contribution >= 0.6 is 0 Å². The maximum absolute atomic E-state index is 10.5. The molecule has 0 aromatic heterocycles. The van der Waals surface area contributed by atoms with Gasteiger partial charge in [0.1, 0.15) is 0 Å². The summed E-state index contributed by atoms with van der Waals surface area (Å²) in [6.45, 7) is 0. The fraction of sp³-hybridized carbons (Fsp3) is 0.769. The van der Waals surface area contributed by atoms with Gasteiger partial charge >= 0.3 is 5.97 Å². The Kier molecular flexibility index (Phi) is 2.02. The van der Waals surface area contributed by atoms with Gasteiger partial charge in [-0.15, -0.1) is 0 Å². The molecule has 15 heavy (non-hydrogen) atoms. The van der Waals surface area contributed by atoms with E-state index in [2.05, 4.69) is 11.8 Å². The maximum Gasteiger partial charge on any atom is 0.381 e. The lowest BCUT2D eigenvalue weighted by atomic mass is 9.52. The fourth-order valence-electron chi connectivity index (χ4n) is 4.31. The zero-order chi connectivity index (χ0) is 10.4. The van der Waals surface area contributed by atoms with E-state index in [1.165, 1.54) is 32.1 Å². The number of rotatable bonds is 0. The van der Waals surface area contributed by atoms with Crippen LogP contribution in [-0.2, 0) is 4.79 Å². The minimum absolute atomic E-state index is 0.397. The van der Waals surface area contributed by atoms with E-state index in [-0.39, 0.29) is 0 Å². The van der Waals surface area contributed by atoms with Crippen LogP contribution in [0.3, 0.4) is 0 Å². The SMILES string of the molecule is O=C(O)C#CC1C2CC3CC(C2)CC1C3. The van der Waals surface area contributed by atoms with Gasteiger partial charge in [-0.05, 0) is 55.8 Å². The number of aliphatic carboxylic acids is 1. The van der Waals surface area contributed by atoms with Crippen LogP contribution in [0.4, 0.5) is 0 Å². The first kappa shape index (κ1) is 9.27. The third kappa shape index (κ3) is 1.55. The van der Waals surface area contributed by atoms with Gasteiger partial charge in [-0.3, -0.25) is 0 Å². The topological polar surface area (TPSA) is 37.3 Å². The second kappa shape index (κ2) is 3.27. The standard InChI is InChI=1S/C13H16O2/c14-13(15)2-1-12-10-4-8-3-9(6-10)7-11(12)5-8/h8-12H,3-7H2,(H,14,15). The highest BCUT2D eigenvalue weighted by Crippen LogP contribution is 2.56. The van der Waals surface area contributed by atoms with Crippen molar-refractivity contribution in [3.8, 4) is 11.8 Å². The summed E-state index contributed by atoms with van der Waals surface area (Å²) >= 11 is 0. The molecule has 4 fully saturated rings. The molecule has 1 N–H and O–H groups in total. The third-order valence-corrected chi connectivity index (χ3v) is 4.57. The van der Waals surface area contributed by atoms with E-state index < -0.39 is 5.97 Å². The number of carbonyl (C=O) groups is 1. The van der Waals surface area contributed by atoms with Crippen LogP contribution in [0.1, 0.15) is 32.1 Å². The van der Waals surface area contributed by atoms with E-state index in [0.29, 0.717) is 17.8 Å². The highest BCUT2D eigenvalue weighted by Gasteiger charge is 2.47. The second-order valence-corrected chi connectivity index (χ2v) is 5.53. The Morgan fingerprint density at radius 2 is 1.53 bits per heavy atom. The molecule has 0 atom stereocenters. The quantitative estimate of drug-likeness (QED) is 0.614. The number of hydrogen-bond acceptors (Lipinski definition) is 1. The molecule has 2 heteroatoms. The van der Waals surface area contributed by atoms with Crippen molar-refractivity contribution in [3.63, 3.8) is 0 Å². The Morgan fingerprint density at radius 3 is 2.00 bits per heavy atom. The van der Waals surface area contributed by atoms with Gasteiger partial charge in [-0.25, -0.2) is 4.79 Å². The molecule has 0 aromatic rings. The van der Waals surface area contributed by atoms with E-state index in [0.717, 1.165) is 11.8 Å².